The van der Waals surface area contributed by atoms with Crippen LogP contribution in [0.15, 0.2) is 54.9 Å². The number of nitrogens with one attached hydrogen (secondary N) is 2. The normalized spacial score (nSPS) is 18.9. The van der Waals surface area contributed by atoms with Gasteiger partial charge in [-0.3, -0.25) is 14.6 Å². The van der Waals surface area contributed by atoms with Gasteiger partial charge in [0.2, 0.25) is 5.91 Å². The molecule has 3 aromatic rings. The summed E-state index contributed by atoms with van der Waals surface area (Å²) >= 11 is 6.12. The van der Waals surface area contributed by atoms with Crippen molar-refractivity contribution < 1.29 is 9.59 Å². The maximum Gasteiger partial charge on any atom is 0.251 e. The summed E-state index contributed by atoms with van der Waals surface area (Å²) in [6.07, 6.45) is 3.38. The van der Waals surface area contributed by atoms with E-state index in [4.69, 9.17) is 11.6 Å². The molecule has 1 atom stereocenters. The molecule has 0 saturated heterocycles. The molecule has 0 saturated carbocycles. The fourth-order valence-electron chi connectivity index (χ4n) is 3.30. The molecule has 2 aromatic carbocycles. The topological polar surface area (TPSA) is 71.1 Å². The summed E-state index contributed by atoms with van der Waals surface area (Å²) in [5.74, 6) is -0.423. The standard InChI is InChI=1S/C20H16ClN3O2/c1-20(11-23-18(25)15-7-6-13(21)8-16(15)20)19(26)24-17-10-22-9-12-4-2-3-5-14(12)17/h2-10H,11H2,1H3,(H,23,25)(H,24,26). The fourth-order valence-corrected chi connectivity index (χ4v) is 3.47. The van der Waals surface area contributed by atoms with E-state index in [0.717, 1.165) is 10.8 Å². The Bertz CT molecular complexity index is 1040. The number of halogens is 1. The molecule has 1 aliphatic heterocycles. The van der Waals surface area contributed by atoms with E-state index in [1.807, 2.05) is 24.3 Å². The number of carbonyl (C=O) groups excluding carboxylic acids is 2. The van der Waals surface area contributed by atoms with E-state index in [2.05, 4.69) is 15.6 Å². The lowest BCUT2D eigenvalue weighted by Gasteiger charge is -2.34. The molecule has 5 nitrogen and oxygen atoms in total. The van der Waals surface area contributed by atoms with Crippen molar-refractivity contribution in [1.82, 2.24) is 10.3 Å². The Morgan fingerprint density at radius 2 is 2.04 bits per heavy atom. The van der Waals surface area contributed by atoms with Crippen LogP contribution in [0, 0.1) is 0 Å². The summed E-state index contributed by atoms with van der Waals surface area (Å²) in [6, 6.07) is 12.7. The minimum absolute atomic E-state index is 0.198. The van der Waals surface area contributed by atoms with Crippen LogP contribution in [0.1, 0.15) is 22.8 Å². The number of aromatic nitrogens is 1. The number of fused-ring (bicyclic) bond motifs is 2. The van der Waals surface area contributed by atoms with Gasteiger partial charge in [-0.15, -0.1) is 0 Å². The lowest BCUT2D eigenvalue weighted by atomic mass is 9.76. The molecule has 0 fully saturated rings. The van der Waals surface area contributed by atoms with Gasteiger partial charge in [-0.2, -0.15) is 0 Å². The molecule has 1 aromatic heterocycles. The van der Waals surface area contributed by atoms with Gasteiger partial charge in [-0.05, 0) is 30.7 Å². The monoisotopic (exact) mass is 365 g/mol. The lowest BCUT2D eigenvalue weighted by molar-refractivity contribution is -0.121. The third-order valence-corrected chi connectivity index (χ3v) is 5.08. The Balaban J connectivity index is 1.76. The average Bonchev–Trinajstić information content (AvgIpc) is 2.65. The van der Waals surface area contributed by atoms with E-state index in [-0.39, 0.29) is 18.4 Å². The van der Waals surface area contributed by atoms with Crippen molar-refractivity contribution in [2.45, 2.75) is 12.3 Å². The molecule has 26 heavy (non-hydrogen) atoms. The first-order valence-corrected chi connectivity index (χ1v) is 8.59. The Hall–Kier alpha value is -2.92. The number of amides is 2. The number of anilines is 1. The zero-order valence-corrected chi connectivity index (χ0v) is 14.8. The Morgan fingerprint density at radius 3 is 2.88 bits per heavy atom. The van der Waals surface area contributed by atoms with E-state index in [1.165, 1.54) is 0 Å². The highest BCUT2D eigenvalue weighted by Gasteiger charge is 2.42. The molecule has 2 heterocycles. The molecule has 0 radical (unpaired) electrons. The number of hydrogen-bond acceptors (Lipinski definition) is 3. The van der Waals surface area contributed by atoms with Crippen molar-refractivity contribution in [1.29, 1.82) is 0 Å². The quantitative estimate of drug-likeness (QED) is 0.729. The molecule has 1 unspecified atom stereocenters. The number of benzene rings is 2. The maximum atomic E-state index is 13.2. The van der Waals surface area contributed by atoms with Gasteiger partial charge in [-0.25, -0.2) is 0 Å². The van der Waals surface area contributed by atoms with Gasteiger partial charge in [0, 0.05) is 34.1 Å². The third-order valence-electron chi connectivity index (χ3n) is 4.84. The van der Waals surface area contributed by atoms with Crippen LogP contribution in [0.5, 0.6) is 0 Å². The van der Waals surface area contributed by atoms with Gasteiger partial charge in [0.15, 0.2) is 0 Å². The maximum absolute atomic E-state index is 13.2. The van der Waals surface area contributed by atoms with Crippen LogP contribution in [0.3, 0.4) is 0 Å². The molecule has 130 valence electrons. The lowest BCUT2D eigenvalue weighted by Crippen LogP contribution is -2.51. The number of pyridine rings is 1. The molecular formula is C20H16ClN3O2. The zero-order valence-electron chi connectivity index (χ0n) is 14.0. The van der Waals surface area contributed by atoms with Crippen LogP contribution in [0.25, 0.3) is 10.8 Å². The van der Waals surface area contributed by atoms with E-state index in [1.54, 1.807) is 37.5 Å². The van der Waals surface area contributed by atoms with Crippen LogP contribution < -0.4 is 10.6 Å². The fraction of sp³-hybridized carbons (Fsp3) is 0.150. The minimum Gasteiger partial charge on any atom is -0.351 e. The van der Waals surface area contributed by atoms with Crippen molar-refractivity contribution in [3.05, 3.63) is 71.0 Å². The Morgan fingerprint density at radius 1 is 1.23 bits per heavy atom. The summed E-state index contributed by atoms with van der Waals surface area (Å²) in [5.41, 5.74) is 0.786. The van der Waals surface area contributed by atoms with Gasteiger partial charge in [0.25, 0.3) is 5.91 Å². The van der Waals surface area contributed by atoms with E-state index < -0.39 is 5.41 Å². The molecule has 0 bridgehead atoms. The first kappa shape index (κ1) is 16.5. The first-order valence-electron chi connectivity index (χ1n) is 8.21. The predicted molar refractivity (Wildman–Crippen MR) is 102 cm³/mol. The van der Waals surface area contributed by atoms with Crippen molar-refractivity contribution in [2.75, 3.05) is 11.9 Å². The van der Waals surface area contributed by atoms with E-state index >= 15 is 0 Å². The van der Waals surface area contributed by atoms with E-state index in [9.17, 15) is 9.59 Å². The molecule has 0 spiro atoms. The molecule has 4 rings (SSSR count). The van der Waals surface area contributed by atoms with Crippen molar-refractivity contribution >= 4 is 39.9 Å². The number of rotatable bonds is 2. The van der Waals surface area contributed by atoms with Crippen molar-refractivity contribution in [3.8, 4) is 0 Å². The molecular weight excluding hydrogens is 350 g/mol. The van der Waals surface area contributed by atoms with Gasteiger partial charge in [-0.1, -0.05) is 35.9 Å². The van der Waals surface area contributed by atoms with Gasteiger partial charge >= 0.3 is 0 Å². The highest BCUT2D eigenvalue weighted by atomic mass is 35.5. The Labute approximate surface area is 155 Å². The van der Waals surface area contributed by atoms with Crippen LogP contribution in [0.2, 0.25) is 5.02 Å². The molecule has 1 aliphatic rings. The van der Waals surface area contributed by atoms with Crippen molar-refractivity contribution in [2.24, 2.45) is 0 Å². The summed E-state index contributed by atoms with van der Waals surface area (Å²) in [4.78, 5) is 29.5. The molecule has 2 N–H and O–H groups in total. The molecule has 0 aliphatic carbocycles. The SMILES string of the molecule is CC1(C(=O)Nc2cncc3ccccc23)CNC(=O)c2ccc(Cl)cc21. The molecule has 2 amide bonds. The van der Waals surface area contributed by atoms with Gasteiger partial charge in [0.05, 0.1) is 17.3 Å². The summed E-state index contributed by atoms with van der Waals surface area (Å²) in [5, 5.41) is 8.11. The second-order valence-electron chi connectivity index (χ2n) is 6.57. The third kappa shape index (κ3) is 2.61. The number of carbonyl (C=O) groups is 2. The highest BCUT2D eigenvalue weighted by molar-refractivity contribution is 6.31. The minimum atomic E-state index is -0.939. The van der Waals surface area contributed by atoms with E-state index in [0.29, 0.717) is 21.8 Å². The molecule has 6 heteroatoms. The largest absolute Gasteiger partial charge is 0.351 e. The second kappa shape index (κ2) is 6.11. The average molecular weight is 366 g/mol. The van der Waals surface area contributed by atoms with Crippen LogP contribution in [-0.2, 0) is 10.2 Å². The summed E-state index contributed by atoms with van der Waals surface area (Å²) in [6.45, 7) is 2.00. The predicted octanol–water partition coefficient (Wildman–Crippen LogP) is 3.53. The first-order chi connectivity index (χ1) is 12.5. The second-order valence-corrected chi connectivity index (χ2v) is 7.00. The number of nitrogens with zero attached hydrogens (tertiary/aromatic N) is 1. The highest BCUT2D eigenvalue weighted by Crippen LogP contribution is 2.34. The van der Waals surface area contributed by atoms with Gasteiger partial charge in [0.1, 0.15) is 0 Å². The summed E-state index contributed by atoms with van der Waals surface area (Å²) in [7, 11) is 0. The van der Waals surface area contributed by atoms with Crippen LogP contribution in [0.4, 0.5) is 5.69 Å². The van der Waals surface area contributed by atoms with Crippen LogP contribution in [-0.4, -0.2) is 23.3 Å². The Kier molecular flexibility index (Phi) is 3.89. The number of hydrogen-bond donors (Lipinski definition) is 2. The van der Waals surface area contributed by atoms with Crippen molar-refractivity contribution in [3.63, 3.8) is 0 Å². The smallest absolute Gasteiger partial charge is 0.251 e. The summed E-state index contributed by atoms with van der Waals surface area (Å²) < 4.78 is 0. The van der Waals surface area contributed by atoms with Crippen LogP contribution >= 0.6 is 11.6 Å². The van der Waals surface area contributed by atoms with Gasteiger partial charge < -0.3 is 10.6 Å². The zero-order chi connectivity index (χ0) is 18.3.